The summed E-state index contributed by atoms with van der Waals surface area (Å²) < 4.78 is 19.4. The summed E-state index contributed by atoms with van der Waals surface area (Å²) in [6.45, 7) is 0. The van der Waals surface area contributed by atoms with Crippen LogP contribution < -0.4 is 15.6 Å². The van der Waals surface area contributed by atoms with Crippen LogP contribution in [0.4, 0.5) is 4.39 Å². The molecular weight excluding hydrogens is 383 g/mol. The Morgan fingerprint density at radius 1 is 1.31 bits per heavy atom. The molecule has 2 heterocycles. The van der Waals surface area contributed by atoms with Crippen LogP contribution in [-0.4, -0.2) is 38.9 Å². The van der Waals surface area contributed by atoms with Crippen molar-refractivity contribution in [2.75, 3.05) is 7.11 Å². The van der Waals surface area contributed by atoms with Crippen molar-refractivity contribution < 1.29 is 23.8 Å². The Balaban J connectivity index is 1.85. The number of rotatable bonds is 7. The number of benzene rings is 1. The Hall–Kier alpha value is -3.95. The van der Waals surface area contributed by atoms with Crippen LogP contribution >= 0.6 is 0 Å². The van der Waals surface area contributed by atoms with Crippen molar-refractivity contribution in [2.24, 2.45) is 0 Å². The quantitative estimate of drug-likeness (QED) is 0.554. The largest absolute Gasteiger partial charge is 0.481 e. The van der Waals surface area contributed by atoms with Crippen molar-refractivity contribution in [3.05, 3.63) is 76.1 Å². The van der Waals surface area contributed by atoms with Gasteiger partial charge in [0.15, 0.2) is 0 Å². The zero-order valence-corrected chi connectivity index (χ0v) is 15.3. The number of amides is 1. The Labute approximate surface area is 163 Å². The third kappa shape index (κ3) is 4.67. The van der Waals surface area contributed by atoms with E-state index in [4.69, 9.17) is 9.84 Å². The second-order valence-electron chi connectivity index (χ2n) is 6.08. The van der Waals surface area contributed by atoms with E-state index in [0.717, 1.165) is 16.8 Å². The minimum absolute atomic E-state index is 0.101. The zero-order valence-electron chi connectivity index (χ0n) is 15.3. The first-order valence-corrected chi connectivity index (χ1v) is 8.48. The van der Waals surface area contributed by atoms with E-state index < -0.39 is 35.7 Å². The van der Waals surface area contributed by atoms with E-state index >= 15 is 0 Å². The molecule has 3 N–H and O–H groups in total. The molecule has 0 unspecified atom stereocenters. The number of carbonyl (C=O) groups is 2. The third-order valence-corrected chi connectivity index (χ3v) is 4.09. The third-order valence-electron chi connectivity index (χ3n) is 4.09. The molecule has 1 aromatic carbocycles. The smallest absolute Gasteiger partial charge is 0.305 e. The number of nitrogens with one attached hydrogen (secondary N) is 2. The molecule has 1 amide bonds. The molecule has 9 nitrogen and oxygen atoms in total. The first-order valence-electron chi connectivity index (χ1n) is 8.48. The molecule has 1 atom stereocenters. The topological polar surface area (TPSA) is 126 Å². The first kappa shape index (κ1) is 19.8. The molecule has 10 heteroatoms. The molecule has 0 radical (unpaired) electrons. The highest BCUT2D eigenvalue weighted by Gasteiger charge is 2.21. The Morgan fingerprint density at radius 3 is 2.72 bits per heavy atom. The summed E-state index contributed by atoms with van der Waals surface area (Å²) in [5.74, 6) is -2.02. The van der Waals surface area contributed by atoms with E-state index in [-0.39, 0.29) is 11.4 Å². The number of pyridine rings is 1. The highest BCUT2D eigenvalue weighted by molar-refractivity contribution is 5.92. The predicted molar refractivity (Wildman–Crippen MR) is 99.6 cm³/mol. The maximum atomic E-state index is 13.4. The number of nitrogens with zero attached hydrogens (tertiary/aromatic N) is 2. The molecule has 2 aromatic heterocycles. The van der Waals surface area contributed by atoms with Crippen molar-refractivity contribution in [1.82, 2.24) is 20.1 Å². The van der Waals surface area contributed by atoms with E-state index in [1.807, 2.05) is 0 Å². The van der Waals surface area contributed by atoms with Gasteiger partial charge < -0.3 is 15.2 Å². The number of methoxy groups -OCH3 is 1. The average Bonchev–Trinajstić information content (AvgIpc) is 3.09. The molecule has 0 bridgehead atoms. The van der Waals surface area contributed by atoms with Crippen LogP contribution in [0.25, 0.3) is 5.69 Å². The maximum absolute atomic E-state index is 13.4. The van der Waals surface area contributed by atoms with Crippen LogP contribution in [0.5, 0.6) is 5.88 Å². The fraction of sp³-hybridized carbons (Fsp3) is 0.158. The van der Waals surface area contributed by atoms with Gasteiger partial charge in [0.1, 0.15) is 11.5 Å². The molecule has 0 aliphatic carbocycles. The van der Waals surface area contributed by atoms with Gasteiger partial charge >= 0.3 is 5.97 Å². The van der Waals surface area contributed by atoms with Crippen LogP contribution in [0.15, 0.2) is 53.5 Å². The van der Waals surface area contributed by atoms with Gasteiger partial charge in [-0.3, -0.25) is 19.5 Å². The molecule has 0 aliphatic rings. The number of aromatic amines is 1. The minimum Gasteiger partial charge on any atom is -0.481 e. The molecule has 0 fully saturated rings. The highest BCUT2D eigenvalue weighted by atomic mass is 19.1. The number of H-pyrrole nitrogens is 1. The Morgan fingerprint density at radius 2 is 2.10 bits per heavy atom. The SMILES string of the molecule is COc1ccc([C@H](CC(=O)O)NC(=O)c2cc(=O)n(-c3cccc(F)c3)[nH]2)cn1. The number of hydrogen-bond donors (Lipinski definition) is 3. The number of carbonyl (C=O) groups excluding carboxylic acids is 1. The lowest BCUT2D eigenvalue weighted by molar-refractivity contribution is -0.137. The number of carboxylic acids is 1. The fourth-order valence-corrected chi connectivity index (χ4v) is 2.70. The average molecular weight is 400 g/mol. The van der Waals surface area contributed by atoms with Gasteiger partial charge in [0.25, 0.3) is 11.5 Å². The number of aliphatic carboxylic acids is 1. The van der Waals surface area contributed by atoms with Crippen molar-refractivity contribution in [1.29, 1.82) is 0 Å². The normalized spacial score (nSPS) is 11.7. The van der Waals surface area contributed by atoms with Gasteiger partial charge in [0.05, 0.1) is 25.3 Å². The van der Waals surface area contributed by atoms with E-state index in [1.165, 1.54) is 31.5 Å². The van der Waals surface area contributed by atoms with Gasteiger partial charge in [0, 0.05) is 18.3 Å². The van der Waals surface area contributed by atoms with Crippen LogP contribution in [0, 0.1) is 5.82 Å². The lowest BCUT2D eigenvalue weighted by Gasteiger charge is -2.17. The maximum Gasteiger partial charge on any atom is 0.305 e. The summed E-state index contributed by atoms with van der Waals surface area (Å²) in [5.41, 5.74) is 0.00159. The highest BCUT2D eigenvalue weighted by Crippen LogP contribution is 2.19. The predicted octanol–water partition coefficient (Wildman–Crippen LogP) is 1.65. The van der Waals surface area contributed by atoms with Crippen molar-refractivity contribution >= 4 is 11.9 Å². The lowest BCUT2D eigenvalue weighted by atomic mass is 10.1. The van der Waals surface area contributed by atoms with Crippen molar-refractivity contribution in [3.63, 3.8) is 0 Å². The van der Waals surface area contributed by atoms with Crippen molar-refractivity contribution in [3.8, 4) is 11.6 Å². The van der Waals surface area contributed by atoms with Gasteiger partial charge in [-0.2, -0.15) is 0 Å². The molecule has 0 aliphatic heterocycles. The second-order valence-corrected chi connectivity index (χ2v) is 6.08. The number of ether oxygens (including phenoxy) is 1. The summed E-state index contributed by atoms with van der Waals surface area (Å²) in [4.78, 5) is 40.0. The molecule has 150 valence electrons. The van der Waals surface area contributed by atoms with Crippen LogP contribution in [0.2, 0.25) is 0 Å². The fourth-order valence-electron chi connectivity index (χ4n) is 2.70. The van der Waals surface area contributed by atoms with Crippen molar-refractivity contribution in [2.45, 2.75) is 12.5 Å². The standard InChI is InChI=1S/C19H17FN4O5/c1-29-16-6-5-11(10-21-16)14(9-18(26)27)22-19(28)15-8-17(25)24(23-15)13-4-2-3-12(20)7-13/h2-8,10,14,23H,9H2,1H3,(H,22,28)(H,26,27)/t14-/m0/s1. The molecule has 0 saturated carbocycles. The number of aromatic nitrogens is 3. The second kappa shape index (κ2) is 8.38. The zero-order chi connectivity index (χ0) is 21.0. The summed E-state index contributed by atoms with van der Waals surface area (Å²) in [7, 11) is 1.44. The minimum atomic E-state index is -1.13. The van der Waals surface area contributed by atoms with E-state index in [2.05, 4.69) is 15.4 Å². The van der Waals surface area contributed by atoms with Crippen LogP contribution in [0.1, 0.15) is 28.5 Å². The van der Waals surface area contributed by atoms with Gasteiger partial charge in [0.2, 0.25) is 5.88 Å². The number of hydrogen-bond acceptors (Lipinski definition) is 5. The van der Waals surface area contributed by atoms with Crippen LogP contribution in [0.3, 0.4) is 0 Å². The van der Waals surface area contributed by atoms with Gasteiger partial charge in [-0.15, -0.1) is 0 Å². The molecule has 29 heavy (non-hydrogen) atoms. The Bertz CT molecular complexity index is 1090. The summed E-state index contributed by atoms with van der Waals surface area (Å²) in [6.07, 6.45) is 1.00. The van der Waals surface area contributed by atoms with E-state index in [1.54, 1.807) is 12.1 Å². The summed E-state index contributed by atoms with van der Waals surface area (Å²) in [5, 5.41) is 14.3. The number of carboxylic acid groups (broad SMARTS) is 1. The molecule has 0 spiro atoms. The molecule has 3 aromatic rings. The van der Waals surface area contributed by atoms with Crippen LogP contribution in [-0.2, 0) is 4.79 Å². The molecule has 0 saturated heterocycles. The Kier molecular flexibility index (Phi) is 5.72. The van der Waals surface area contributed by atoms with E-state index in [0.29, 0.717) is 11.4 Å². The monoisotopic (exact) mass is 400 g/mol. The summed E-state index contributed by atoms with van der Waals surface area (Å²) >= 11 is 0. The molecule has 3 rings (SSSR count). The first-order chi connectivity index (χ1) is 13.9. The molecular formula is C19H17FN4O5. The van der Waals surface area contributed by atoms with Gasteiger partial charge in [-0.05, 0) is 23.8 Å². The van der Waals surface area contributed by atoms with Gasteiger partial charge in [-0.1, -0.05) is 12.1 Å². The number of halogens is 1. The lowest BCUT2D eigenvalue weighted by Crippen LogP contribution is -2.30. The van der Waals surface area contributed by atoms with Gasteiger partial charge in [-0.25, -0.2) is 14.1 Å². The van der Waals surface area contributed by atoms with E-state index in [9.17, 15) is 18.8 Å². The summed E-state index contributed by atoms with van der Waals surface area (Å²) in [6, 6.07) is 8.57.